The number of ether oxygens (including phenoxy) is 1. The molecule has 0 saturated carbocycles. The molecule has 0 radical (unpaired) electrons. The van der Waals surface area contributed by atoms with Crippen LogP contribution in [0.2, 0.25) is 0 Å². The van der Waals surface area contributed by atoms with Crippen molar-refractivity contribution in [3.63, 3.8) is 0 Å². The summed E-state index contributed by atoms with van der Waals surface area (Å²) in [6.45, 7) is 1.70. The van der Waals surface area contributed by atoms with Gasteiger partial charge in [-0.2, -0.15) is 0 Å². The van der Waals surface area contributed by atoms with Crippen LogP contribution in [0.3, 0.4) is 0 Å². The van der Waals surface area contributed by atoms with Crippen LogP contribution < -0.4 is 0 Å². The van der Waals surface area contributed by atoms with E-state index in [4.69, 9.17) is 10.3 Å². The second-order valence-electron chi connectivity index (χ2n) is 3.71. The Kier molecular flexibility index (Phi) is 4.73. The predicted octanol–water partition coefficient (Wildman–Crippen LogP) is 1.80. The summed E-state index contributed by atoms with van der Waals surface area (Å²) in [6.07, 6.45) is 3.46. The van der Waals surface area contributed by atoms with E-state index in [1.807, 2.05) is 0 Å². The summed E-state index contributed by atoms with van der Waals surface area (Å²) in [6, 6.07) is 0.494. The van der Waals surface area contributed by atoms with Crippen LogP contribution >= 0.6 is 0 Å². The predicted molar refractivity (Wildman–Crippen MR) is 55.1 cm³/mol. The van der Waals surface area contributed by atoms with Crippen LogP contribution in [0.25, 0.3) is 10.4 Å². The molecule has 1 aliphatic heterocycles. The molecule has 1 heterocycles. The molecular formula is C9H18N4O. The molecule has 1 saturated heterocycles. The van der Waals surface area contributed by atoms with Crippen LogP contribution in [-0.4, -0.2) is 44.3 Å². The van der Waals surface area contributed by atoms with Crippen molar-refractivity contribution >= 4 is 0 Å². The van der Waals surface area contributed by atoms with Gasteiger partial charge in [0.25, 0.3) is 0 Å². The minimum atomic E-state index is 0.353. The van der Waals surface area contributed by atoms with E-state index >= 15 is 0 Å². The maximum Gasteiger partial charge on any atom is 0.0738 e. The zero-order valence-electron chi connectivity index (χ0n) is 8.89. The number of nitrogens with zero attached hydrogens (tertiary/aromatic N) is 4. The Morgan fingerprint density at radius 3 is 3.07 bits per heavy atom. The number of hydrogen-bond donors (Lipinski definition) is 0. The van der Waals surface area contributed by atoms with Gasteiger partial charge in [0, 0.05) is 31.2 Å². The van der Waals surface area contributed by atoms with Crippen molar-refractivity contribution in [2.24, 2.45) is 5.11 Å². The summed E-state index contributed by atoms with van der Waals surface area (Å²) in [7, 11) is 3.89. The molecule has 2 atom stereocenters. The van der Waals surface area contributed by atoms with Crippen LogP contribution in [0.1, 0.15) is 19.3 Å². The molecule has 0 aromatic carbocycles. The second kappa shape index (κ2) is 5.86. The van der Waals surface area contributed by atoms with E-state index in [2.05, 4.69) is 22.0 Å². The van der Waals surface area contributed by atoms with E-state index in [9.17, 15) is 0 Å². The number of rotatable bonds is 5. The lowest BCUT2D eigenvalue weighted by molar-refractivity contribution is 0.0679. The van der Waals surface area contributed by atoms with E-state index in [0.29, 0.717) is 18.7 Å². The molecule has 14 heavy (non-hydrogen) atoms. The molecule has 0 aromatic heterocycles. The van der Waals surface area contributed by atoms with E-state index in [0.717, 1.165) is 25.8 Å². The van der Waals surface area contributed by atoms with Gasteiger partial charge >= 0.3 is 0 Å². The molecule has 0 N–H and O–H groups in total. The minimum Gasteiger partial charge on any atom is -0.380 e. The highest BCUT2D eigenvalue weighted by atomic mass is 16.5. The third kappa shape index (κ3) is 2.87. The Balaban J connectivity index is 2.29. The topological polar surface area (TPSA) is 61.2 Å². The number of hydrogen-bond acceptors (Lipinski definition) is 3. The van der Waals surface area contributed by atoms with Gasteiger partial charge < -0.3 is 9.64 Å². The van der Waals surface area contributed by atoms with Crippen molar-refractivity contribution in [3.05, 3.63) is 10.4 Å². The van der Waals surface area contributed by atoms with Crippen molar-refractivity contribution in [1.29, 1.82) is 0 Å². The lowest BCUT2D eigenvalue weighted by Crippen LogP contribution is -2.33. The molecule has 1 rings (SSSR count). The monoisotopic (exact) mass is 198 g/mol. The third-order valence-corrected chi connectivity index (χ3v) is 2.89. The van der Waals surface area contributed by atoms with Gasteiger partial charge in [-0.05, 0) is 31.8 Å². The van der Waals surface area contributed by atoms with Crippen molar-refractivity contribution in [2.75, 3.05) is 27.2 Å². The number of methoxy groups -OCH3 is 1. The van der Waals surface area contributed by atoms with Gasteiger partial charge in [0.15, 0.2) is 0 Å². The average molecular weight is 198 g/mol. The fourth-order valence-corrected chi connectivity index (χ4v) is 2.07. The molecule has 0 amide bonds. The Hall–Kier alpha value is -0.770. The maximum absolute atomic E-state index is 8.13. The minimum absolute atomic E-state index is 0.353. The van der Waals surface area contributed by atoms with Gasteiger partial charge in [-0.15, -0.1) is 0 Å². The molecular weight excluding hydrogens is 180 g/mol. The molecule has 0 aliphatic carbocycles. The third-order valence-electron chi connectivity index (χ3n) is 2.89. The van der Waals surface area contributed by atoms with Gasteiger partial charge in [0.05, 0.1) is 6.10 Å². The Labute approximate surface area is 84.7 Å². The van der Waals surface area contributed by atoms with E-state index in [-0.39, 0.29) is 0 Å². The molecule has 80 valence electrons. The van der Waals surface area contributed by atoms with E-state index in [1.54, 1.807) is 7.11 Å². The first-order chi connectivity index (χ1) is 6.79. The van der Waals surface area contributed by atoms with Gasteiger partial charge in [-0.1, -0.05) is 5.11 Å². The highest BCUT2D eigenvalue weighted by Crippen LogP contribution is 2.22. The van der Waals surface area contributed by atoms with E-state index < -0.39 is 0 Å². The average Bonchev–Trinajstić information content (AvgIpc) is 2.55. The fourth-order valence-electron chi connectivity index (χ4n) is 2.07. The van der Waals surface area contributed by atoms with Gasteiger partial charge in [0.2, 0.25) is 0 Å². The summed E-state index contributed by atoms with van der Waals surface area (Å²) >= 11 is 0. The molecule has 0 spiro atoms. The Bertz CT molecular complexity index is 215. The number of likely N-dealkylation sites (tertiary alicyclic amines) is 1. The summed E-state index contributed by atoms with van der Waals surface area (Å²) in [5.74, 6) is 0. The highest BCUT2D eigenvalue weighted by molar-refractivity contribution is 4.85. The zero-order chi connectivity index (χ0) is 10.4. The largest absolute Gasteiger partial charge is 0.380 e. The molecule has 1 aliphatic rings. The molecule has 5 nitrogen and oxygen atoms in total. The lowest BCUT2D eigenvalue weighted by atomic mass is 10.1. The Morgan fingerprint density at radius 1 is 1.64 bits per heavy atom. The smallest absolute Gasteiger partial charge is 0.0738 e. The number of likely N-dealkylation sites (N-methyl/N-ethyl adjacent to an activating group) is 1. The zero-order valence-corrected chi connectivity index (χ0v) is 8.89. The summed E-state index contributed by atoms with van der Waals surface area (Å²) < 4.78 is 5.41. The van der Waals surface area contributed by atoms with Crippen LogP contribution in [-0.2, 0) is 4.74 Å². The van der Waals surface area contributed by atoms with Crippen molar-refractivity contribution in [3.8, 4) is 0 Å². The summed E-state index contributed by atoms with van der Waals surface area (Å²) in [5.41, 5.74) is 8.13. The number of azide groups is 1. The fraction of sp³-hybridized carbons (Fsp3) is 1.00. The second-order valence-corrected chi connectivity index (χ2v) is 3.71. The lowest BCUT2D eigenvalue weighted by Gasteiger charge is -2.23. The van der Waals surface area contributed by atoms with E-state index in [1.165, 1.54) is 0 Å². The first kappa shape index (κ1) is 11.3. The molecule has 0 bridgehead atoms. The summed E-state index contributed by atoms with van der Waals surface area (Å²) in [5, 5.41) is 3.53. The summed E-state index contributed by atoms with van der Waals surface area (Å²) in [4.78, 5) is 5.06. The standard InChI is InChI=1S/C9H18N4O/c1-13-7-5-9(14-2)8(13)4-3-6-11-12-10/h8-9H,3-7H2,1-2H3. The van der Waals surface area contributed by atoms with Crippen molar-refractivity contribution < 1.29 is 4.74 Å². The Morgan fingerprint density at radius 2 is 2.43 bits per heavy atom. The first-order valence-electron chi connectivity index (χ1n) is 5.03. The van der Waals surface area contributed by atoms with Crippen LogP contribution in [0.15, 0.2) is 5.11 Å². The SMILES string of the molecule is COC1CCN(C)C1CCCN=[N+]=[N-]. The van der Waals surface area contributed by atoms with Crippen LogP contribution in [0.5, 0.6) is 0 Å². The van der Waals surface area contributed by atoms with Crippen molar-refractivity contribution in [2.45, 2.75) is 31.4 Å². The van der Waals surface area contributed by atoms with Crippen molar-refractivity contribution in [1.82, 2.24) is 4.90 Å². The highest BCUT2D eigenvalue weighted by Gasteiger charge is 2.30. The van der Waals surface area contributed by atoms with Crippen LogP contribution in [0, 0.1) is 0 Å². The van der Waals surface area contributed by atoms with Gasteiger partial charge in [0.1, 0.15) is 0 Å². The normalized spacial score (nSPS) is 27.6. The molecule has 2 unspecified atom stereocenters. The molecule has 0 aromatic rings. The quantitative estimate of drug-likeness (QED) is 0.292. The van der Waals surface area contributed by atoms with Crippen LogP contribution in [0.4, 0.5) is 0 Å². The van der Waals surface area contributed by atoms with Gasteiger partial charge in [-0.3, -0.25) is 0 Å². The maximum atomic E-state index is 8.13. The first-order valence-corrected chi connectivity index (χ1v) is 5.03. The van der Waals surface area contributed by atoms with Gasteiger partial charge in [-0.25, -0.2) is 0 Å². The molecule has 1 fully saturated rings. The molecule has 5 heteroatoms.